The molecular formula is C25H25N3O3. The Hall–Kier alpha value is -3.38. The standard InChI is InChI=1S/C25H25N3O3/c1-16-22(17(2)30-27-16)26-23(29)28-15-25(31-24(28,3)4)20-11-7-5-9-18(20)13-14-19-10-6-8-12-21(19)25/h5-14H,15H2,1-4H3,(H,26,29). The smallest absolute Gasteiger partial charge is 0.324 e. The van der Waals surface area contributed by atoms with Crippen LogP contribution in [0.3, 0.4) is 0 Å². The molecule has 0 unspecified atom stereocenters. The molecule has 31 heavy (non-hydrogen) atoms. The van der Waals surface area contributed by atoms with Gasteiger partial charge in [0.1, 0.15) is 22.7 Å². The second kappa shape index (κ2) is 6.82. The molecule has 2 amide bonds. The van der Waals surface area contributed by atoms with Crippen molar-refractivity contribution in [3.05, 3.63) is 82.2 Å². The maximum atomic E-state index is 13.4. The van der Waals surface area contributed by atoms with E-state index in [0.29, 0.717) is 23.7 Å². The lowest BCUT2D eigenvalue weighted by Gasteiger charge is -2.32. The number of amides is 2. The van der Waals surface area contributed by atoms with Crippen molar-refractivity contribution in [2.45, 2.75) is 39.0 Å². The summed E-state index contributed by atoms with van der Waals surface area (Å²) in [6.45, 7) is 7.83. The number of nitrogens with zero attached hydrogens (tertiary/aromatic N) is 2. The van der Waals surface area contributed by atoms with Gasteiger partial charge in [-0.2, -0.15) is 0 Å². The van der Waals surface area contributed by atoms with Gasteiger partial charge in [0, 0.05) is 0 Å². The summed E-state index contributed by atoms with van der Waals surface area (Å²) in [6.07, 6.45) is 4.23. The number of rotatable bonds is 1. The number of ether oxygens (including phenoxy) is 1. The lowest BCUT2D eigenvalue weighted by molar-refractivity contribution is -0.0936. The number of hydrogen-bond acceptors (Lipinski definition) is 4. The van der Waals surface area contributed by atoms with E-state index in [1.165, 1.54) is 0 Å². The lowest BCUT2D eigenvalue weighted by Crippen LogP contribution is -2.46. The van der Waals surface area contributed by atoms with E-state index in [2.05, 4.69) is 46.9 Å². The van der Waals surface area contributed by atoms with E-state index in [0.717, 1.165) is 22.3 Å². The number of aromatic nitrogens is 1. The third-order valence-corrected chi connectivity index (χ3v) is 6.20. The molecule has 2 aromatic carbocycles. The molecule has 1 N–H and O–H groups in total. The zero-order chi connectivity index (χ0) is 21.8. The molecule has 1 spiro atoms. The fourth-order valence-corrected chi connectivity index (χ4v) is 4.70. The molecule has 1 aliphatic carbocycles. The summed E-state index contributed by atoms with van der Waals surface area (Å²) in [5.74, 6) is 0.577. The molecule has 0 bridgehead atoms. The number of fused-ring (bicyclic) bond motifs is 4. The number of urea groups is 1. The van der Waals surface area contributed by atoms with Gasteiger partial charge in [0.05, 0.1) is 6.54 Å². The van der Waals surface area contributed by atoms with Crippen LogP contribution in [-0.4, -0.2) is 28.4 Å². The Morgan fingerprint density at radius 1 is 1.00 bits per heavy atom. The average Bonchev–Trinajstić information content (AvgIpc) is 3.18. The molecule has 3 aromatic rings. The summed E-state index contributed by atoms with van der Waals surface area (Å²) < 4.78 is 12.0. The minimum atomic E-state index is -0.840. The first-order chi connectivity index (χ1) is 14.8. The molecule has 1 aliphatic heterocycles. The van der Waals surface area contributed by atoms with Gasteiger partial charge in [-0.15, -0.1) is 0 Å². The van der Waals surface area contributed by atoms with Crippen molar-refractivity contribution in [1.82, 2.24) is 10.1 Å². The van der Waals surface area contributed by atoms with Crippen LogP contribution in [0.2, 0.25) is 0 Å². The first-order valence-electron chi connectivity index (χ1n) is 10.4. The summed E-state index contributed by atoms with van der Waals surface area (Å²) in [5, 5.41) is 6.92. The zero-order valence-electron chi connectivity index (χ0n) is 18.1. The highest BCUT2D eigenvalue weighted by Crippen LogP contribution is 2.49. The predicted octanol–water partition coefficient (Wildman–Crippen LogP) is 5.32. The molecular weight excluding hydrogens is 390 g/mol. The Bertz CT molecular complexity index is 1140. The van der Waals surface area contributed by atoms with Crippen LogP contribution in [0.5, 0.6) is 0 Å². The minimum Gasteiger partial charge on any atom is -0.359 e. The van der Waals surface area contributed by atoms with E-state index in [9.17, 15) is 4.79 Å². The highest BCUT2D eigenvalue weighted by atomic mass is 16.6. The molecule has 6 nitrogen and oxygen atoms in total. The maximum Gasteiger partial charge on any atom is 0.324 e. The van der Waals surface area contributed by atoms with Crippen molar-refractivity contribution in [3.8, 4) is 0 Å². The van der Waals surface area contributed by atoms with Gasteiger partial charge >= 0.3 is 6.03 Å². The van der Waals surface area contributed by atoms with Crippen molar-refractivity contribution in [1.29, 1.82) is 0 Å². The third-order valence-electron chi connectivity index (χ3n) is 6.20. The number of hydrogen-bond donors (Lipinski definition) is 1. The third kappa shape index (κ3) is 2.98. The van der Waals surface area contributed by atoms with Crippen LogP contribution in [0, 0.1) is 13.8 Å². The Kier molecular flexibility index (Phi) is 4.31. The summed E-state index contributed by atoms with van der Waals surface area (Å²) >= 11 is 0. The van der Waals surface area contributed by atoms with Gasteiger partial charge in [-0.3, -0.25) is 4.90 Å². The highest BCUT2D eigenvalue weighted by Gasteiger charge is 2.55. The number of anilines is 1. The first-order valence-corrected chi connectivity index (χ1v) is 10.4. The molecule has 6 heteroatoms. The van der Waals surface area contributed by atoms with Crippen LogP contribution in [0.1, 0.15) is 47.6 Å². The van der Waals surface area contributed by atoms with E-state index < -0.39 is 11.3 Å². The number of aryl methyl sites for hydroxylation is 2. The van der Waals surface area contributed by atoms with E-state index in [1.807, 2.05) is 45.0 Å². The van der Waals surface area contributed by atoms with Crippen LogP contribution < -0.4 is 5.32 Å². The minimum absolute atomic E-state index is 0.247. The predicted molar refractivity (Wildman–Crippen MR) is 119 cm³/mol. The quantitative estimate of drug-likeness (QED) is 0.584. The van der Waals surface area contributed by atoms with E-state index in [-0.39, 0.29) is 6.03 Å². The molecule has 0 atom stereocenters. The van der Waals surface area contributed by atoms with Gasteiger partial charge in [0.25, 0.3) is 0 Å². The lowest BCUT2D eigenvalue weighted by atomic mass is 9.83. The van der Waals surface area contributed by atoms with Crippen LogP contribution in [0.15, 0.2) is 53.1 Å². The molecule has 5 rings (SSSR count). The normalized spacial score (nSPS) is 17.9. The molecule has 158 valence electrons. The summed E-state index contributed by atoms with van der Waals surface area (Å²) in [6, 6.07) is 16.2. The molecule has 2 heterocycles. The first kappa shape index (κ1) is 19.6. The van der Waals surface area contributed by atoms with Crippen molar-refractivity contribution in [2.75, 3.05) is 11.9 Å². The van der Waals surface area contributed by atoms with Gasteiger partial charge in [-0.25, -0.2) is 4.79 Å². The van der Waals surface area contributed by atoms with Gasteiger partial charge in [-0.1, -0.05) is 65.8 Å². The monoisotopic (exact) mass is 415 g/mol. The maximum absolute atomic E-state index is 13.4. The molecule has 1 fully saturated rings. The van der Waals surface area contributed by atoms with E-state index >= 15 is 0 Å². The number of nitrogens with one attached hydrogen (secondary N) is 1. The Balaban J connectivity index is 1.61. The second-order valence-electron chi connectivity index (χ2n) is 8.60. The van der Waals surface area contributed by atoms with E-state index in [4.69, 9.17) is 9.26 Å². The number of carbonyl (C=O) groups is 1. The topological polar surface area (TPSA) is 67.6 Å². The molecule has 1 saturated heterocycles. The summed E-state index contributed by atoms with van der Waals surface area (Å²) in [5.41, 5.74) is 3.90. The highest BCUT2D eigenvalue weighted by molar-refractivity contribution is 5.91. The van der Waals surface area contributed by atoms with Crippen LogP contribution in [0.25, 0.3) is 12.2 Å². The summed E-state index contributed by atoms with van der Waals surface area (Å²) in [7, 11) is 0. The second-order valence-corrected chi connectivity index (χ2v) is 8.60. The number of benzene rings is 2. The number of carbonyl (C=O) groups excluding carboxylic acids is 1. The van der Waals surface area contributed by atoms with Gasteiger partial charge in [0.15, 0.2) is 5.76 Å². The van der Waals surface area contributed by atoms with Crippen LogP contribution in [-0.2, 0) is 10.3 Å². The Labute approximate surface area is 181 Å². The largest absolute Gasteiger partial charge is 0.359 e. The van der Waals surface area contributed by atoms with Gasteiger partial charge in [0.2, 0.25) is 0 Å². The van der Waals surface area contributed by atoms with Gasteiger partial charge in [-0.05, 0) is 49.9 Å². The van der Waals surface area contributed by atoms with Crippen LogP contribution in [0.4, 0.5) is 10.5 Å². The Morgan fingerprint density at radius 2 is 1.58 bits per heavy atom. The summed E-state index contributed by atoms with van der Waals surface area (Å²) in [4.78, 5) is 15.2. The zero-order valence-corrected chi connectivity index (χ0v) is 18.1. The van der Waals surface area contributed by atoms with Crippen molar-refractivity contribution >= 4 is 23.9 Å². The average molecular weight is 415 g/mol. The fourth-order valence-electron chi connectivity index (χ4n) is 4.70. The SMILES string of the molecule is Cc1noc(C)c1NC(=O)N1CC2(OC1(C)C)c1ccccc1C=Cc1ccccc12. The van der Waals surface area contributed by atoms with Gasteiger partial charge < -0.3 is 14.6 Å². The Morgan fingerprint density at radius 3 is 2.13 bits per heavy atom. The molecule has 0 saturated carbocycles. The molecule has 0 radical (unpaired) electrons. The molecule has 1 aromatic heterocycles. The van der Waals surface area contributed by atoms with Crippen molar-refractivity contribution in [2.24, 2.45) is 0 Å². The fraction of sp³-hybridized carbons (Fsp3) is 0.280. The van der Waals surface area contributed by atoms with Crippen LogP contribution >= 0.6 is 0 Å². The molecule has 2 aliphatic rings. The van der Waals surface area contributed by atoms with Crippen molar-refractivity contribution in [3.63, 3.8) is 0 Å². The van der Waals surface area contributed by atoms with E-state index in [1.54, 1.807) is 11.8 Å². The van der Waals surface area contributed by atoms with Crippen molar-refractivity contribution < 1.29 is 14.1 Å².